The molecule has 0 spiro atoms. The second-order valence-corrected chi connectivity index (χ2v) is 9.60. The number of benzene rings is 1. The van der Waals surface area contributed by atoms with Crippen LogP contribution in [0.5, 0.6) is 0 Å². The predicted molar refractivity (Wildman–Crippen MR) is 124 cm³/mol. The summed E-state index contributed by atoms with van der Waals surface area (Å²) in [5.41, 5.74) is 2.31. The number of H-pyrrole nitrogens is 1. The van der Waals surface area contributed by atoms with Crippen LogP contribution in [0.2, 0.25) is 0 Å². The van der Waals surface area contributed by atoms with Crippen molar-refractivity contribution >= 4 is 21.6 Å². The Morgan fingerprint density at radius 3 is 2.90 bits per heavy atom. The van der Waals surface area contributed by atoms with E-state index in [0.29, 0.717) is 44.6 Å². The lowest BCUT2D eigenvalue weighted by atomic mass is 9.89. The van der Waals surface area contributed by atoms with Crippen molar-refractivity contribution in [1.29, 1.82) is 0 Å². The molecule has 0 radical (unpaired) electrons. The third-order valence-corrected chi connectivity index (χ3v) is 6.97. The Bertz CT molecular complexity index is 1060. The Morgan fingerprint density at radius 2 is 2.13 bits per heavy atom. The molecule has 1 aromatic carbocycles. The van der Waals surface area contributed by atoms with Gasteiger partial charge >= 0.3 is 0 Å². The van der Waals surface area contributed by atoms with Gasteiger partial charge in [0.15, 0.2) is 0 Å². The van der Waals surface area contributed by atoms with Gasteiger partial charge in [0.2, 0.25) is 0 Å². The molecule has 1 aliphatic carbocycles. The van der Waals surface area contributed by atoms with Crippen LogP contribution in [0.15, 0.2) is 35.1 Å². The van der Waals surface area contributed by atoms with Crippen LogP contribution in [0.4, 0.5) is 0 Å². The van der Waals surface area contributed by atoms with E-state index in [0.717, 1.165) is 35.0 Å². The van der Waals surface area contributed by atoms with Crippen LogP contribution in [0.1, 0.15) is 42.1 Å². The number of aryl methyl sites for hydroxylation is 1. The highest BCUT2D eigenvalue weighted by Crippen LogP contribution is 2.35. The monoisotopic (exact) mass is 441 g/mol. The molecule has 4 rings (SSSR count). The summed E-state index contributed by atoms with van der Waals surface area (Å²) in [6, 6.07) is 10.1. The highest BCUT2D eigenvalue weighted by atomic mass is 32.1. The molecule has 0 saturated heterocycles. The molecule has 0 saturated carbocycles. The quantitative estimate of drug-likeness (QED) is 0.531. The van der Waals surface area contributed by atoms with E-state index < -0.39 is 6.10 Å². The minimum Gasteiger partial charge on any atom is -0.389 e. The number of aliphatic hydroxyl groups is 1. The van der Waals surface area contributed by atoms with Gasteiger partial charge in [-0.1, -0.05) is 37.3 Å². The summed E-state index contributed by atoms with van der Waals surface area (Å²) in [5.74, 6) is 1.30. The third-order valence-electron chi connectivity index (χ3n) is 5.82. The van der Waals surface area contributed by atoms with Crippen molar-refractivity contribution in [1.82, 2.24) is 14.9 Å². The molecule has 0 amide bonds. The van der Waals surface area contributed by atoms with Crippen molar-refractivity contribution in [2.24, 2.45) is 5.92 Å². The normalized spacial score (nSPS) is 17.2. The van der Waals surface area contributed by atoms with E-state index in [4.69, 9.17) is 9.72 Å². The molecule has 0 fully saturated rings. The number of rotatable bonds is 9. The Labute approximate surface area is 186 Å². The molecule has 2 atom stereocenters. The number of hydrogen-bond donors (Lipinski definition) is 2. The second-order valence-electron chi connectivity index (χ2n) is 8.51. The zero-order valence-electron chi connectivity index (χ0n) is 18.3. The summed E-state index contributed by atoms with van der Waals surface area (Å²) in [7, 11) is 0. The largest absolute Gasteiger partial charge is 0.389 e. The minimum absolute atomic E-state index is 0.0402. The molecule has 0 aliphatic heterocycles. The van der Waals surface area contributed by atoms with Crippen LogP contribution >= 0.6 is 11.3 Å². The lowest BCUT2D eigenvalue weighted by molar-refractivity contribution is 0.0175. The molecular formula is C24H31N3O3S. The Hall–Kier alpha value is -2.06. The van der Waals surface area contributed by atoms with Gasteiger partial charge in [0, 0.05) is 24.6 Å². The Balaban J connectivity index is 1.58. The van der Waals surface area contributed by atoms with E-state index in [1.54, 1.807) is 11.3 Å². The topological polar surface area (TPSA) is 78.5 Å². The molecule has 2 N–H and O–H groups in total. The van der Waals surface area contributed by atoms with Crippen LogP contribution in [0.3, 0.4) is 0 Å². The van der Waals surface area contributed by atoms with E-state index in [-0.39, 0.29) is 5.56 Å². The zero-order valence-corrected chi connectivity index (χ0v) is 19.1. The van der Waals surface area contributed by atoms with Gasteiger partial charge in [-0.25, -0.2) is 4.98 Å². The van der Waals surface area contributed by atoms with Crippen LogP contribution < -0.4 is 5.56 Å². The van der Waals surface area contributed by atoms with Crippen molar-refractivity contribution in [3.63, 3.8) is 0 Å². The SMILES string of the molecule is CCOC[C@H](O)CN(Cc1ccccc1)Cc1nc2sc3c(c2c(=O)[nH]1)CC[C@H](C)C3. The van der Waals surface area contributed by atoms with Gasteiger partial charge in [-0.2, -0.15) is 0 Å². The molecule has 166 valence electrons. The first-order valence-corrected chi connectivity index (χ1v) is 11.9. The first-order valence-electron chi connectivity index (χ1n) is 11.1. The summed E-state index contributed by atoms with van der Waals surface area (Å²) in [6.45, 7) is 6.61. The molecular weight excluding hydrogens is 410 g/mol. The average molecular weight is 442 g/mol. The summed E-state index contributed by atoms with van der Waals surface area (Å²) < 4.78 is 5.38. The minimum atomic E-state index is -0.602. The number of nitrogens with one attached hydrogen (secondary N) is 1. The standard InChI is InChI=1S/C24H31N3O3S/c1-3-30-15-18(28)13-27(12-17-7-5-4-6-8-17)14-21-25-23(29)22-19-10-9-16(2)11-20(19)31-24(22)26-21/h4-8,16,18,28H,3,9-15H2,1-2H3,(H,25,26,29)/t16-,18+/m0/s1. The predicted octanol–water partition coefficient (Wildman–Crippen LogP) is 3.51. The highest BCUT2D eigenvalue weighted by molar-refractivity contribution is 7.18. The number of hydrogen-bond acceptors (Lipinski definition) is 6. The molecule has 6 nitrogen and oxygen atoms in total. The van der Waals surface area contributed by atoms with E-state index in [1.165, 1.54) is 10.4 Å². The number of aromatic amines is 1. The number of nitrogens with zero attached hydrogens (tertiary/aromatic N) is 2. The fourth-order valence-corrected chi connectivity index (χ4v) is 5.71. The smallest absolute Gasteiger partial charge is 0.259 e. The number of aliphatic hydroxyl groups excluding tert-OH is 1. The lowest BCUT2D eigenvalue weighted by Crippen LogP contribution is -2.35. The summed E-state index contributed by atoms with van der Waals surface area (Å²) in [4.78, 5) is 25.0. The van der Waals surface area contributed by atoms with Crippen LogP contribution in [-0.2, 0) is 30.7 Å². The van der Waals surface area contributed by atoms with Crippen molar-refractivity contribution in [3.05, 3.63) is 62.5 Å². The fraction of sp³-hybridized carbons (Fsp3) is 0.500. The average Bonchev–Trinajstić information content (AvgIpc) is 3.10. The molecule has 1 aliphatic rings. The molecule has 7 heteroatoms. The Morgan fingerprint density at radius 1 is 1.32 bits per heavy atom. The van der Waals surface area contributed by atoms with Gasteiger partial charge in [-0.05, 0) is 43.2 Å². The van der Waals surface area contributed by atoms with Crippen molar-refractivity contribution in [3.8, 4) is 0 Å². The summed E-state index contributed by atoms with van der Waals surface area (Å²) in [5, 5.41) is 11.2. The van der Waals surface area contributed by atoms with Gasteiger partial charge < -0.3 is 14.8 Å². The number of thiophene rings is 1. The molecule has 0 bridgehead atoms. The molecule has 2 aromatic heterocycles. The maximum Gasteiger partial charge on any atom is 0.259 e. The fourth-order valence-electron chi connectivity index (χ4n) is 4.31. The maximum atomic E-state index is 12.9. The number of ether oxygens (including phenoxy) is 1. The summed E-state index contributed by atoms with van der Waals surface area (Å²) in [6.07, 6.45) is 2.52. The number of fused-ring (bicyclic) bond motifs is 3. The van der Waals surface area contributed by atoms with E-state index in [9.17, 15) is 9.90 Å². The second kappa shape index (κ2) is 10.0. The third kappa shape index (κ3) is 5.41. The highest BCUT2D eigenvalue weighted by Gasteiger charge is 2.23. The number of aromatic nitrogens is 2. The van der Waals surface area contributed by atoms with Crippen molar-refractivity contribution < 1.29 is 9.84 Å². The molecule has 0 unspecified atom stereocenters. The van der Waals surface area contributed by atoms with E-state index in [1.807, 2.05) is 25.1 Å². The molecule has 31 heavy (non-hydrogen) atoms. The molecule has 3 aromatic rings. The zero-order chi connectivity index (χ0) is 21.8. The van der Waals surface area contributed by atoms with Gasteiger partial charge in [-0.15, -0.1) is 11.3 Å². The lowest BCUT2D eigenvalue weighted by Gasteiger charge is -2.24. The van der Waals surface area contributed by atoms with E-state index in [2.05, 4.69) is 28.9 Å². The van der Waals surface area contributed by atoms with Crippen LogP contribution in [0.25, 0.3) is 10.2 Å². The van der Waals surface area contributed by atoms with Gasteiger partial charge in [0.1, 0.15) is 10.7 Å². The van der Waals surface area contributed by atoms with Gasteiger partial charge in [0.05, 0.1) is 24.6 Å². The van der Waals surface area contributed by atoms with Gasteiger partial charge in [0.25, 0.3) is 5.56 Å². The van der Waals surface area contributed by atoms with Gasteiger partial charge in [-0.3, -0.25) is 9.69 Å². The first-order chi connectivity index (χ1) is 15.0. The molecule has 2 heterocycles. The van der Waals surface area contributed by atoms with E-state index >= 15 is 0 Å². The van der Waals surface area contributed by atoms with Crippen LogP contribution in [0, 0.1) is 5.92 Å². The maximum absolute atomic E-state index is 12.9. The van der Waals surface area contributed by atoms with Crippen molar-refractivity contribution in [2.45, 2.75) is 52.3 Å². The first kappa shape index (κ1) is 22.1. The summed E-state index contributed by atoms with van der Waals surface area (Å²) >= 11 is 1.67. The Kier molecular flexibility index (Phi) is 7.17. The van der Waals surface area contributed by atoms with Crippen LogP contribution in [-0.4, -0.2) is 45.8 Å². The van der Waals surface area contributed by atoms with Crippen molar-refractivity contribution in [2.75, 3.05) is 19.8 Å².